The first-order chi connectivity index (χ1) is 11.8. The lowest BCUT2D eigenvalue weighted by Crippen LogP contribution is -2.28. The zero-order valence-electron chi connectivity index (χ0n) is 14.7. The minimum Gasteiger partial charge on any atom is -0.461 e. The van der Waals surface area contributed by atoms with Gasteiger partial charge in [-0.3, -0.25) is 9.59 Å². The molecule has 0 atom stereocenters. The van der Waals surface area contributed by atoms with E-state index in [9.17, 15) is 14.4 Å². The summed E-state index contributed by atoms with van der Waals surface area (Å²) in [5, 5.41) is 6.72. The van der Waals surface area contributed by atoms with Gasteiger partial charge < -0.3 is 10.1 Å². The highest BCUT2D eigenvalue weighted by atomic mass is 16.5. The number of para-hydroxylation sites is 1. The molecular formula is C18H21N3O4. The van der Waals surface area contributed by atoms with E-state index in [1.807, 2.05) is 19.1 Å². The molecule has 1 aromatic carbocycles. The number of amides is 1. The van der Waals surface area contributed by atoms with Crippen molar-refractivity contribution in [1.82, 2.24) is 9.78 Å². The number of hydrogen-bond acceptors (Lipinski definition) is 5. The van der Waals surface area contributed by atoms with Crippen LogP contribution in [0.1, 0.15) is 36.8 Å². The average molecular weight is 343 g/mol. The highest BCUT2D eigenvalue weighted by molar-refractivity contribution is 6.00. The molecule has 2 rings (SSSR count). The molecule has 7 heteroatoms. The Morgan fingerprint density at radius 2 is 1.96 bits per heavy atom. The monoisotopic (exact) mass is 343 g/mol. The van der Waals surface area contributed by atoms with E-state index in [2.05, 4.69) is 10.4 Å². The fraction of sp³-hybridized carbons (Fsp3) is 0.333. The zero-order chi connectivity index (χ0) is 18.6. The average Bonchev–Trinajstić information content (AvgIpc) is 2.56. The lowest BCUT2D eigenvalue weighted by atomic mass is 10.2. The SMILES string of the molecule is CCOC(=O)c1nn(-c2ccccc2C)c(=O)cc1NC(=O)C(C)C. The summed E-state index contributed by atoms with van der Waals surface area (Å²) in [6.45, 7) is 7.08. The summed E-state index contributed by atoms with van der Waals surface area (Å²) < 4.78 is 6.14. The molecule has 1 amide bonds. The van der Waals surface area contributed by atoms with Gasteiger partial charge in [0.1, 0.15) is 0 Å². The number of benzene rings is 1. The van der Waals surface area contributed by atoms with Crippen molar-refractivity contribution in [3.05, 3.63) is 51.9 Å². The molecule has 132 valence electrons. The first kappa shape index (κ1) is 18.4. The number of nitrogens with zero attached hydrogens (tertiary/aromatic N) is 2. The highest BCUT2D eigenvalue weighted by Gasteiger charge is 2.21. The van der Waals surface area contributed by atoms with Crippen molar-refractivity contribution < 1.29 is 14.3 Å². The van der Waals surface area contributed by atoms with Crippen molar-refractivity contribution in [2.45, 2.75) is 27.7 Å². The van der Waals surface area contributed by atoms with Crippen molar-refractivity contribution in [3.8, 4) is 5.69 Å². The summed E-state index contributed by atoms with van der Waals surface area (Å²) in [6, 6.07) is 8.36. The Bertz CT molecular complexity index is 856. The van der Waals surface area contributed by atoms with E-state index in [0.29, 0.717) is 5.69 Å². The van der Waals surface area contributed by atoms with Gasteiger partial charge in [-0.1, -0.05) is 32.0 Å². The summed E-state index contributed by atoms with van der Waals surface area (Å²) >= 11 is 0. The van der Waals surface area contributed by atoms with Crippen LogP contribution in [-0.4, -0.2) is 28.3 Å². The number of carbonyl (C=O) groups excluding carboxylic acids is 2. The first-order valence-corrected chi connectivity index (χ1v) is 8.03. The third-order valence-corrected chi connectivity index (χ3v) is 3.53. The van der Waals surface area contributed by atoms with Crippen molar-refractivity contribution in [2.24, 2.45) is 5.92 Å². The number of hydrogen-bond donors (Lipinski definition) is 1. The fourth-order valence-corrected chi connectivity index (χ4v) is 2.15. The maximum absolute atomic E-state index is 12.5. The molecule has 0 radical (unpaired) electrons. The molecule has 0 saturated carbocycles. The van der Waals surface area contributed by atoms with Crippen molar-refractivity contribution in [3.63, 3.8) is 0 Å². The molecule has 7 nitrogen and oxygen atoms in total. The van der Waals surface area contributed by atoms with Crippen molar-refractivity contribution >= 4 is 17.6 Å². The van der Waals surface area contributed by atoms with Crippen LogP contribution in [-0.2, 0) is 9.53 Å². The second kappa shape index (κ2) is 7.74. The Hall–Kier alpha value is -2.96. The number of ether oxygens (including phenoxy) is 1. The third-order valence-electron chi connectivity index (χ3n) is 3.53. The predicted molar refractivity (Wildman–Crippen MR) is 94.0 cm³/mol. The summed E-state index contributed by atoms with van der Waals surface area (Å²) in [6.07, 6.45) is 0. The number of nitrogens with one attached hydrogen (secondary N) is 1. The van der Waals surface area contributed by atoms with Crippen molar-refractivity contribution in [2.75, 3.05) is 11.9 Å². The van der Waals surface area contributed by atoms with Crippen LogP contribution in [0.15, 0.2) is 35.1 Å². The van der Waals surface area contributed by atoms with Gasteiger partial charge in [0.2, 0.25) is 5.91 Å². The van der Waals surface area contributed by atoms with Crippen LogP contribution in [0.4, 0.5) is 5.69 Å². The molecule has 0 bridgehead atoms. The standard InChI is InChI=1S/C18H21N3O4/c1-5-25-18(24)16-13(19-17(23)11(2)3)10-15(22)21(20-16)14-9-7-6-8-12(14)4/h6-11H,5H2,1-4H3,(H,19,23). The van der Waals surface area contributed by atoms with Crippen LogP contribution >= 0.6 is 0 Å². The number of rotatable bonds is 5. The van der Waals surface area contributed by atoms with Gasteiger partial charge in [-0.15, -0.1) is 0 Å². The molecular weight excluding hydrogens is 322 g/mol. The van der Waals surface area contributed by atoms with Crippen LogP contribution in [0, 0.1) is 12.8 Å². The van der Waals surface area contributed by atoms with Crippen LogP contribution in [0.25, 0.3) is 5.69 Å². The Morgan fingerprint density at radius 3 is 2.56 bits per heavy atom. The van der Waals surface area contributed by atoms with E-state index >= 15 is 0 Å². The Morgan fingerprint density at radius 1 is 1.28 bits per heavy atom. The lowest BCUT2D eigenvalue weighted by molar-refractivity contribution is -0.118. The molecule has 25 heavy (non-hydrogen) atoms. The van der Waals surface area contributed by atoms with E-state index in [4.69, 9.17) is 4.74 Å². The van der Waals surface area contributed by atoms with Gasteiger partial charge in [-0.25, -0.2) is 4.79 Å². The molecule has 0 aliphatic rings. The normalized spacial score (nSPS) is 10.6. The number of carbonyl (C=O) groups is 2. The van der Waals surface area contributed by atoms with Crippen molar-refractivity contribution in [1.29, 1.82) is 0 Å². The smallest absolute Gasteiger partial charge is 0.360 e. The first-order valence-electron chi connectivity index (χ1n) is 8.03. The van der Waals surface area contributed by atoms with Crippen LogP contribution < -0.4 is 10.9 Å². The topological polar surface area (TPSA) is 90.3 Å². The van der Waals surface area contributed by atoms with E-state index in [1.54, 1.807) is 32.9 Å². The number of aryl methyl sites for hydroxylation is 1. The molecule has 0 aliphatic heterocycles. The second-order valence-corrected chi connectivity index (χ2v) is 5.81. The highest BCUT2D eigenvalue weighted by Crippen LogP contribution is 2.16. The quantitative estimate of drug-likeness (QED) is 0.841. The van der Waals surface area contributed by atoms with Gasteiger partial charge >= 0.3 is 5.97 Å². The molecule has 1 N–H and O–H groups in total. The largest absolute Gasteiger partial charge is 0.461 e. The Balaban J connectivity index is 2.61. The van der Waals surface area contributed by atoms with Crippen LogP contribution in [0.5, 0.6) is 0 Å². The van der Waals surface area contributed by atoms with Gasteiger partial charge in [0.15, 0.2) is 5.69 Å². The van der Waals surface area contributed by atoms with E-state index in [-0.39, 0.29) is 29.8 Å². The van der Waals surface area contributed by atoms with Gasteiger partial charge in [0, 0.05) is 12.0 Å². The maximum atomic E-state index is 12.5. The third kappa shape index (κ3) is 4.12. The molecule has 1 aromatic heterocycles. The fourth-order valence-electron chi connectivity index (χ4n) is 2.15. The van der Waals surface area contributed by atoms with E-state index in [1.165, 1.54) is 6.07 Å². The molecule has 0 unspecified atom stereocenters. The number of anilines is 1. The minimum absolute atomic E-state index is 0.0481. The number of esters is 1. The predicted octanol–water partition coefficient (Wildman–Crippen LogP) is 2.31. The Labute approximate surface area is 145 Å². The molecule has 0 fully saturated rings. The van der Waals surface area contributed by atoms with Gasteiger partial charge in [-0.2, -0.15) is 9.78 Å². The maximum Gasteiger partial charge on any atom is 0.360 e. The molecule has 0 saturated heterocycles. The lowest BCUT2D eigenvalue weighted by Gasteiger charge is -2.14. The van der Waals surface area contributed by atoms with Gasteiger partial charge in [0.25, 0.3) is 5.56 Å². The van der Waals surface area contributed by atoms with Gasteiger partial charge in [0.05, 0.1) is 18.0 Å². The summed E-state index contributed by atoms with van der Waals surface area (Å²) in [4.78, 5) is 36.7. The summed E-state index contributed by atoms with van der Waals surface area (Å²) in [5.41, 5.74) is 0.859. The molecule has 1 heterocycles. The van der Waals surface area contributed by atoms with E-state index in [0.717, 1.165) is 10.2 Å². The Kier molecular flexibility index (Phi) is 5.69. The molecule has 0 spiro atoms. The summed E-state index contributed by atoms with van der Waals surface area (Å²) in [7, 11) is 0. The van der Waals surface area contributed by atoms with Crippen LogP contribution in [0.3, 0.4) is 0 Å². The van der Waals surface area contributed by atoms with E-state index < -0.39 is 11.5 Å². The number of aromatic nitrogens is 2. The summed E-state index contributed by atoms with van der Waals surface area (Å²) in [5.74, 6) is -1.34. The van der Waals surface area contributed by atoms with Gasteiger partial charge in [-0.05, 0) is 25.5 Å². The second-order valence-electron chi connectivity index (χ2n) is 5.81. The zero-order valence-corrected chi connectivity index (χ0v) is 14.7. The minimum atomic E-state index is -0.705. The molecule has 2 aromatic rings. The molecule has 0 aliphatic carbocycles. The van der Waals surface area contributed by atoms with Crippen LogP contribution in [0.2, 0.25) is 0 Å².